The monoisotopic (exact) mass is 397 g/mol. The first-order valence-electron chi connectivity index (χ1n) is 9.62. The average molecular weight is 397 g/mol. The highest BCUT2D eigenvalue weighted by Crippen LogP contribution is 2.40. The molecule has 0 radical (unpaired) electrons. The third-order valence-electron chi connectivity index (χ3n) is 5.49. The largest absolute Gasteiger partial charge is 0.507 e. The third-order valence-corrected chi connectivity index (χ3v) is 5.49. The molecule has 5 rings (SSSR count). The van der Waals surface area contributed by atoms with Crippen LogP contribution in [0, 0.1) is 0 Å². The molecular formula is C25H19NO4. The quantitative estimate of drug-likeness (QED) is 0.410. The molecule has 0 aliphatic carbocycles. The first-order valence-corrected chi connectivity index (χ1v) is 9.62. The van der Waals surface area contributed by atoms with Crippen LogP contribution in [0.25, 0.3) is 21.9 Å². The molecule has 2 heterocycles. The number of para-hydroxylation sites is 2. The summed E-state index contributed by atoms with van der Waals surface area (Å²) in [5.74, 6) is 0.132. The van der Waals surface area contributed by atoms with Crippen LogP contribution in [-0.2, 0) is 0 Å². The minimum absolute atomic E-state index is 0.0621. The number of hydrogen-bond acceptors (Lipinski definition) is 4. The summed E-state index contributed by atoms with van der Waals surface area (Å²) in [5.41, 5.74) is 2.69. The second kappa shape index (κ2) is 7.12. The van der Waals surface area contributed by atoms with E-state index in [0.29, 0.717) is 16.7 Å². The fourth-order valence-corrected chi connectivity index (χ4v) is 4.03. The highest BCUT2D eigenvalue weighted by molar-refractivity contribution is 5.87. The number of ether oxygens (including phenoxy) is 1. The number of nitrogens with one attached hydrogen (secondary N) is 1. The molecule has 0 fully saturated rings. The molecular weight excluding hydrogens is 378 g/mol. The number of benzene rings is 3. The van der Waals surface area contributed by atoms with Crippen molar-refractivity contribution >= 4 is 21.9 Å². The van der Waals surface area contributed by atoms with Gasteiger partial charge in [-0.15, -0.1) is 0 Å². The molecule has 2 aromatic heterocycles. The van der Waals surface area contributed by atoms with Gasteiger partial charge in [-0.05, 0) is 41.5 Å². The summed E-state index contributed by atoms with van der Waals surface area (Å²) in [6, 6.07) is 22.4. The Morgan fingerprint density at radius 2 is 1.63 bits per heavy atom. The van der Waals surface area contributed by atoms with Crippen LogP contribution in [0.15, 0.2) is 88.2 Å². The van der Waals surface area contributed by atoms with Gasteiger partial charge in [0.15, 0.2) is 0 Å². The van der Waals surface area contributed by atoms with Crippen molar-refractivity contribution in [3.05, 3.63) is 106 Å². The zero-order chi connectivity index (χ0) is 20.7. The lowest BCUT2D eigenvalue weighted by Crippen LogP contribution is -2.15. The minimum atomic E-state index is -0.558. The summed E-state index contributed by atoms with van der Waals surface area (Å²) in [6.45, 7) is 0. The molecule has 0 bridgehead atoms. The molecule has 0 amide bonds. The Hall–Kier alpha value is -3.99. The van der Waals surface area contributed by atoms with Gasteiger partial charge in [-0.3, -0.25) is 0 Å². The van der Waals surface area contributed by atoms with Crippen molar-refractivity contribution in [1.29, 1.82) is 0 Å². The number of fused-ring (bicyclic) bond motifs is 2. The maximum atomic E-state index is 13.1. The summed E-state index contributed by atoms with van der Waals surface area (Å²) in [6.07, 6.45) is 1.88. The van der Waals surface area contributed by atoms with Crippen molar-refractivity contribution in [1.82, 2.24) is 4.98 Å². The number of methoxy groups -OCH3 is 1. The van der Waals surface area contributed by atoms with E-state index in [1.807, 2.05) is 54.7 Å². The van der Waals surface area contributed by atoms with Crippen LogP contribution in [0.2, 0.25) is 0 Å². The summed E-state index contributed by atoms with van der Waals surface area (Å²) < 4.78 is 10.9. The van der Waals surface area contributed by atoms with Crippen LogP contribution >= 0.6 is 0 Å². The molecule has 2 N–H and O–H groups in total. The second-order valence-corrected chi connectivity index (χ2v) is 7.14. The van der Waals surface area contributed by atoms with E-state index < -0.39 is 11.5 Å². The van der Waals surface area contributed by atoms with Gasteiger partial charge in [0, 0.05) is 23.0 Å². The van der Waals surface area contributed by atoms with Gasteiger partial charge in [0.2, 0.25) is 0 Å². The van der Waals surface area contributed by atoms with E-state index in [9.17, 15) is 9.90 Å². The van der Waals surface area contributed by atoms with Gasteiger partial charge in [0.1, 0.15) is 17.1 Å². The van der Waals surface area contributed by atoms with Gasteiger partial charge >= 0.3 is 5.63 Å². The van der Waals surface area contributed by atoms with Crippen LogP contribution in [-0.4, -0.2) is 17.2 Å². The third kappa shape index (κ3) is 2.83. The van der Waals surface area contributed by atoms with E-state index in [1.54, 1.807) is 31.4 Å². The molecule has 0 aliphatic heterocycles. The Labute approximate surface area is 172 Å². The van der Waals surface area contributed by atoms with E-state index in [2.05, 4.69) is 4.98 Å². The number of aromatic amines is 1. The van der Waals surface area contributed by atoms with Crippen molar-refractivity contribution in [2.75, 3.05) is 7.11 Å². The van der Waals surface area contributed by atoms with Crippen molar-refractivity contribution < 1.29 is 14.3 Å². The number of hydrogen-bond donors (Lipinski definition) is 2. The molecule has 0 spiro atoms. The van der Waals surface area contributed by atoms with Crippen LogP contribution in [0.3, 0.4) is 0 Å². The lowest BCUT2D eigenvalue weighted by atomic mass is 9.84. The van der Waals surface area contributed by atoms with Gasteiger partial charge in [-0.1, -0.05) is 42.5 Å². The van der Waals surface area contributed by atoms with Crippen LogP contribution in [0.1, 0.15) is 22.6 Å². The van der Waals surface area contributed by atoms with E-state index in [1.165, 1.54) is 0 Å². The first-order chi connectivity index (χ1) is 14.7. The van der Waals surface area contributed by atoms with Gasteiger partial charge in [0.05, 0.1) is 18.1 Å². The molecule has 0 aliphatic rings. The summed E-state index contributed by atoms with van der Waals surface area (Å²) in [4.78, 5) is 16.3. The molecule has 148 valence electrons. The molecule has 5 aromatic rings. The van der Waals surface area contributed by atoms with E-state index in [4.69, 9.17) is 9.15 Å². The number of aromatic nitrogens is 1. The molecule has 30 heavy (non-hydrogen) atoms. The predicted molar refractivity (Wildman–Crippen MR) is 116 cm³/mol. The molecule has 0 saturated carbocycles. The molecule has 1 unspecified atom stereocenters. The highest BCUT2D eigenvalue weighted by Gasteiger charge is 2.28. The highest BCUT2D eigenvalue weighted by atomic mass is 16.5. The van der Waals surface area contributed by atoms with Gasteiger partial charge in [-0.2, -0.15) is 0 Å². The Kier molecular flexibility index (Phi) is 4.29. The van der Waals surface area contributed by atoms with E-state index >= 15 is 0 Å². The van der Waals surface area contributed by atoms with Crippen LogP contribution in [0.5, 0.6) is 11.5 Å². The van der Waals surface area contributed by atoms with Gasteiger partial charge in [0.25, 0.3) is 0 Å². The van der Waals surface area contributed by atoms with Gasteiger partial charge in [-0.25, -0.2) is 4.79 Å². The van der Waals surface area contributed by atoms with Crippen LogP contribution in [0.4, 0.5) is 0 Å². The van der Waals surface area contributed by atoms with Gasteiger partial charge < -0.3 is 19.2 Å². The Balaban J connectivity index is 1.83. The summed E-state index contributed by atoms with van der Waals surface area (Å²) in [5, 5.41) is 12.6. The fraction of sp³-hybridized carbons (Fsp3) is 0.0800. The van der Waals surface area contributed by atoms with E-state index in [0.717, 1.165) is 22.0 Å². The van der Waals surface area contributed by atoms with Crippen molar-refractivity contribution in [3.63, 3.8) is 0 Å². The zero-order valence-electron chi connectivity index (χ0n) is 16.3. The van der Waals surface area contributed by atoms with Crippen molar-refractivity contribution in [2.45, 2.75) is 5.92 Å². The second-order valence-electron chi connectivity index (χ2n) is 7.14. The number of aromatic hydroxyl groups is 1. The SMILES string of the molecule is COc1ccc(C(c2c(O)c3ccccc3oc2=O)c2c[nH]c3ccccc23)cc1. The Morgan fingerprint density at radius 1 is 0.933 bits per heavy atom. The molecule has 0 saturated heterocycles. The van der Waals surface area contributed by atoms with Crippen LogP contribution < -0.4 is 10.4 Å². The Morgan fingerprint density at radius 3 is 2.40 bits per heavy atom. The maximum Gasteiger partial charge on any atom is 0.344 e. The van der Waals surface area contributed by atoms with E-state index in [-0.39, 0.29) is 11.3 Å². The average Bonchev–Trinajstić information content (AvgIpc) is 3.20. The normalized spacial score (nSPS) is 12.3. The molecule has 1 atom stereocenters. The Bertz CT molecular complexity index is 1410. The number of H-pyrrole nitrogens is 1. The number of rotatable bonds is 4. The topological polar surface area (TPSA) is 75.5 Å². The lowest BCUT2D eigenvalue weighted by Gasteiger charge is -2.19. The minimum Gasteiger partial charge on any atom is -0.507 e. The van der Waals surface area contributed by atoms with Crippen molar-refractivity contribution in [3.8, 4) is 11.5 Å². The maximum absolute atomic E-state index is 13.1. The summed E-state index contributed by atoms with van der Waals surface area (Å²) >= 11 is 0. The first kappa shape index (κ1) is 18.1. The van der Waals surface area contributed by atoms with Crippen molar-refractivity contribution in [2.24, 2.45) is 0 Å². The molecule has 3 aromatic carbocycles. The molecule has 5 nitrogen and oxygen atoms in total. The fourth-order valence-electron chi connectivity index (χ4n) is 4.03. The predicted octanol–water partition coefficient (Wildman–Crippen LogP) is 5.17. The lowest BCUT2D eigenvalue weighted by molar-refractivity contribution is 0.414. The zero-order valence-corrected chi connectivity index (χ0v) is 16.3. The summed E-state index contributed by atoms with van der Waals surface area (Å²) in [7, 11) is 1.61. The standard InChI is InChI=1S/C25H19NO4/c1-29-16-12-10-15(11-13-16)22(19-14-26-20-8-4-2-6-17(19)20)23-24(27)18-7-3-5-9-21(18)30-25(23)28/h2-14,22,26-27H,1H3. The molecule has 5 heteroatoms. The smallest absolute Gasteiger partial charge is 0.344 e.